The number of nitrogens with zero attached hydrogens (tertiary/aromatic N) is 2. The lowest BCUT2D eigenvalue weighted by Gasteiger charge is -2.21. The number of amides is 1. The Kier molecular flexibility index (Phi) is 5.50. The summed E-state index contributed by atoms with van der Waals surface area (Å²) in [6.07, 6.45) is 4.03. The Bertz CT molecular complexity index is 425. The highest BCUT2D eigenvalue weighted by Crippen LogP contribution is 2.12. The first-order chi connectivity index (χ1) is 8.04. The number of hydrogen-bond acceptors (Lipinski definition) is 3. The molecule has 0 aliphatic carbocycles. The van der Waals surface area contributed by atoms with Crippen LogP contribution in [-0.2, 0) is 0 Å². The fourth-order valence-electron chi connectivity index (χ4n) is 1.42. The highest BCUT2D eigenvalue weighted by molar-refractivity contribution is 9.10. The first-order valence-electron chi connectivity index (χ1n) is 5.22. The van der Waals surface area contributed by atoms with Gasteiger partial charge in [-0.15, -0.1) is 0 Å². The maximum absolute atomic E-state index is 12.2. The molecule has 0 fully saturated rings. The van der Waals surface area contributed by atoms with Gasteiger partial charge in [-0.05, 0) is 28.4 Å². The number of hydrogen-bond donors (Lipinski definition) is 1. The van der Waals surface area contributed by atoms with Gasteiger partial charge < -0.3 is 10.6 Å². The maximum Gasteiger partial charge on any atom is 0.255 e. The summed E-state index contributed by atoms with van der Waals surface area (Å²) >= 11 is 8.13. The van der Waals surface area contributed by atoms with Crippen molar-refractivity contribution in [1.82, 2.24) is 9.88 Å². The molecule has 0 atom stereocenters. The summed E-state index contributed by atoms with van der Waals surface area (Å²) in [5.74, 6) is -0.103. The predicted octanol–water partition coefficient (Wildman–Crippen LogP) is 1.98. The van der Waals surface area contributed by atoms with Crippen LogP contribution in [0.2, 0.25) is 0 Å². The standard InChI is InChI=1S/C11H14BrN3OS/c1-2-3-15(7-10(13)17)11(16)8-4-9(12)6-14-5-8/h4-6H,2-3,7H2,1H3,(H2,13,17). The SMILES string of the molecule is CCCN(CC(N)=S)C(=O)c1cncc(Br)c1. The third-order valence-electron chi connectivity index (χ3n) is 2.08. The van der Waals surface area contributed by atoms with E-state index in [9.17, 15) is 4.79 Å². The molecule has 0 saturated heterocycles. The average molecular weight is 316 g/mol. The van der Waals surface area contributed by atoms with Crippen molar-refractivity contribution in [3.8, 4) is 0 Å². The van der Waals surface area contributed by atoms with Gasteiger partial charge >= 0.3 is 0 Å². The van der Waals surface area contributed by atoms with Crippen molar-refractivity contribution in [1.29, 1.82) is 0 Å². The molecule has 0 unspecified atom stereocenters. The highest BCUT2D eigenvalue weighted by atomic mass is 79.9. The van der Waals surface area contributed by atoms with Crippen LogP contribution in [0.25, 0.3) is 0 Å². The number of halogens is 1. The third-order valence-corrected chi connectivity index (χ3v) is 2.64. The van der Waals surface area contributed by atoms with Gasteiger partial charge in [0.25, 0.3) is 5.91 Å². The van der Waals surface area contributed by atoms with Crippen LogP contribution in [0, 0.1) is 0 Å². The molecular formula is C11H14BrN3OS. The molecule has 1 aromatic heterocycles. The smallest absolute Gasteiger partial charge is 0.255 e. The summed E-state index contributed by atoms with van der Waals surface area (Å²) in [7, 11) is 0. The molecule has 6 heteroatoms. The van der Waals surface area contributed by atoms with Gasteiger partial charge in [-0.1, -0.05) is 19.1 Å². The second-order valence-corrected chi connectivity index (χ2v) is 5.02. The van der Waals surface area contributed by atoms with Gasteiger partial charge in [0.05, 0.1) is 17.1 Å². The molecule has 0 saturated carbocycles. The van der Waals surface area contributed by atoms with Crippen molar-refractivity contribution in [3.05, 3.63) is 28.5 Å². The molecule has 1 heterocycles. The fourth-order valence-corrected chi connectivity index (χ4v) is 1.94. The monoisotopic (exact) mass is 315 g/mol. The Morgan fingerprint density at radius 2 is 2.29 bits per heavy atom. The predicted molar refractivity (Wildman–Crippen MR) is 74.9 cm³/mol. The van der Waals surface area contributed by atoms with E-state index in [1.807, 2.05) is 6.92 Å². The Morgan fingerprint density at radius 3 is 2.82 bits per heavy atom. The number of carbonyl (C=O) groups excluding carboxylic acids is 1. The molecule has 1 rings (SSSR count). The van der Waals surface area contributed by atoms with E-state index in [1.165, 1.54) is 6.20 Å². The Hall–Kier alpha value is -1.01. The van der Waals surface area contributed by atoms with Gasteiger partial charge in [-0.2, -0.15) is 0 Å². The molecule has 0 spiro atoms. The molecule has 0 aliphatic heterocycles. The average Bonchev–Trinajstić information content (AvgIpc) is 2.27. The van der Waals surface area contributed by atoms with Crippen molar-refractivity contribution in [2.24, 2.45) is 5.73 Å². The largest absolute Gasteiger partial charge is 0.392 e. The highest BCUT2D eigenvalue weighted by Gasteiger charge is 2.16. The zero-order chi connectivity index (χ0) is 12.8. The number of aromatic nitrogens is 1. The number of thiocarbonyl (C=S) groups is 1. The molecule has 1 amide bonds. The van der Waals surface area contributed by atoms with E-state index in [1.54, 1.807) is 17.2 Å². The Morgan fingerprint density at radius 1 is 1.59 bits per heavy atom. The van der Waals surface area contributed by atoms with Gasteiger partial charge in [-0.25, -0.2) is 0 Å². The molecule has 4 nitrogen and oxygen atoms in total. The second-order valence-electron chi connectivity index (χ2n) is 3.58. The van der Waals surface area contributed by atoms with E-state index in [0.29, 0.717) is 23.6 Å². The van der Waals surface area contributed by atoms with Crippen LogP contribution in [0.15, 0.2) is 22.9 Å². The molecule has 1 aromatic rings. The molecular weight excluding hydrogens is 302 g/mol. The van der Waals surface area contributed by atoms with Gasteiger partial charge in [0, 0.05) is 23.4 Å². The molecule has 92 valence electrons. The molecule has 17 heavy (non-hydrogen) atoms. The first-order valence-corrected chi connectivity index (χ1v) is 6.42. The summed E-state index contributed by atoms with van der Waals surface area (Å²) in [6.45, 7) is 2.93. The van der Waals surface area contributed by atoms with Crippen LogP contribution in [0.4, 0.5) is 0 Å². The number of nitrogens with two attached hydrogens (primary N) is 1. The molecule has 2 N–H and O–H groups in total. The zero-order valence-corrected chi connectivity index (χ0v) is 11.9. The van der Waals surface area contributed by atoms with E-state index in [-0.39, 0.29) is 5.91 Å². The van der Waals surface area contributed by atoms with E-state index in [0.717, 1.165) is 10.9 Å². The summed E-state index contributed by atoms with van der Waals surface area (Å²) in [6, 6.07) is 1.73. The van der Waals surface area contributed by atoms with Crippen molar-refractivity contribution in [2.75, 3.05) is 13.1 Å². The quantitative estimate of drug-likeness (QED) is 0.844. The molecule has 0 aromatic carbocycles. The first kappa shape index (κ1) is 14.1. The van der Waals surface area contributed by atoms with Crippen molar-refractivity contribution >= 4 is 39.0 Å². The number of rotatable bonds is 5. The normalized spacial score (nSPS) is 10.0. The third kappa shape index (κ3) is 4.40. The molecule has 0 bridgehead atoms. The van der Waals surface area contributed by atoms with E-state index in [4.69, 9.17) is 18.0 Å². The van der Waals surface area contributed by atoms with Gasteiger partial charge in [0.1, 0.15) is 0 Å². The van der Waals surface area contributed by atoms with Gasteiger partial charge in [0.15, 0.2) is 0 Å². The molecule has 0 aliphatic rings. The lowest BCUT2D eigenvalue weighted by Crippen LogP contribution is -2.38. The van der Waals surface area contributed by atoms with E-state index in [2.05, 4.69) is 20.9 Å². The van der Waals surface area contributed by atoms with Crippen LogP contribution in [0.5, 0.6) is 0 Å². The topological polar surface area (TPSA) is 59.2 Å². The summed E-state index contributed by atoms with van der Waals surface area (Å²) in [5.41, 5.74) is 6.01. The minimum absolute atomic E-state index is 0.103. The van der Waals surface area contributed by atoms with Gasteiger partial charge in [0.2, 0.25) is 0 Å². The van der Waals surface area contributed by atoms with Crippen LogP contribution in [0.3, 0.4) is 0 Å². The van der Waals surface area contributed by atoms with E-state index >= 15 is 0 Å². The van der Waals surface area contributed by atoms with Crippen LogP contribution < -0.4 is 5.73 Å². The minimum atomic E-state index is -0.103. The second kappa shape index (κ2) is 6.66. The van der Waals surface area contributed by atoms with Gasteiger partial charge in [-0.3, -0.25) is 9.78 Å². The summed E-state index contributed by atoms with van der Waals surface area (Å²) in [4.78, 5) is 18.1. The Labute approximate surface area is 114 Å². The summed E-state index contributed by atoms with van der Waals surface area (Å²) in [5, 5.41) is 0. The number of pyridine rings is 1. The zero-order valence-electron chi connectivity index (χ0n) is 9.52. The minimum Gasteiger partial charge on any atom is -0.392 e. The van der Waals surface area contributed by atoms with Crippen molar-refractivity contribution < 1.29 is 4.79 Å². The van der Waals surface area contributed by atoms with Crippen LogP contribution >= 0.6 is 28.1 Å². The fraction of sp³-hybridized carbons (Fsp3) is 0.364. The molecule has 0 radical (unpaired) electrons. The summed E-state index contributed by atoms with van der Waals surface area (Å²) < 4.78 is 0.773. The van der Waals surface area contributed by atoms with Crippen molar-refractivity contribution in [2.45, 2.75) is 13.3 Å². The van der Waals surface area contributed by atoms with Crippen molar-refractivity contribution in [3.63, 3.8) is 0 Å². The van der Waals surface area contributed by atoms with E-state index < -0.39 is 0 Å². The number of carbonyl (C=O) groups is 1. The lowest BCUT2D eigenvalue weighted by atomic mass is 10.2. The lowest BCUT2D eigenvalue weighted by molar-refractivity contribution is 0.0779. The van der Waals surface area contributed by atoms with Crippen LogP contribution in [0.1, 0.15) is 23.7 Å². The van der Waals surface area contributed by atoms with Crippen LogP contribution in [-0.4, -0.2) is 33.9 Å². The Balaban J connectivity index is 2.87. The maximum atomic E-state index is 12.2.